The number of benzene rings is 1. The molecule has 1 aliphatic heterocycles. The Hall–Kier alpha value is -2.57. The van der Waals surface area contributed by atoms with E-state index < -0.39 is 0 Å². The van der Waals surface area contributed by atoms with Crippen LogP contribution in [-0.4, -0.2) is 62.8 Å². The first-order chi connectivity index (χ1) is 13.2. The van der Waals surface area contributed by atoms with Crippen molar-refractivity contribution < 1.29 is 0 Å². The molecule has 6 heteroatoms. The number of rotatable bonds is 6. The lowest BCUT2D eigenvalue weighted by molar-refractivity contribution is 0.258. The summed E-state index contributed by atoms with van der Waals surface area (Å²) in [7, 11) is 4.32. The summed E-state index contributed by atoms with van der Waals surface area (Å²) in [6, 6.07) is 15.0. The maximum absolute atomic E-state index is 4.88. The molecule has 0 unspecified atom stereocenters. The second kappa shape index (κ2) is 7.98. The van der Waals surface area contributed by atoms with Crippen LogP contribution in [0.2, 0.25) is 0 Å². The average molecular weight is 362 g/mol. The molecule has 1 saturated heterocycles. The summed E-state index contributed by atoms with van der Waals surface area (Å²) in [5.74, 6) is 1.79. The van der Waals surface area contributed by atoms with Gasteiger partial charge in [0.25, 0.3) is 0 Å². The third kappa shape index (κ3) is 4.23. The Kier molecular flexibility index (Phi) is 5.27. The van der Waals surface area contributed by atoms with E-state index in [0.717, 1.165) is 43.4 Å². The van der Waals surface area contributed by atoms with Gasteiger partial charge in [-0.1, -0.05) is 30.3 Å². The van der Waals surface area contributed by atoms with Gasteiger partial charge in [-0.05, 0) is 38.2 Å². The minimum Gasteiger partial charge on any atom is -0.305 e. The standard InChI is InChI=1S/C21H26N6/c1-25(2)19-10-13-26(15-19)16-20-23-21(18-8-11-22-12-9-18)24-27(20)14-17-6-4-3-5-7-17/h3-9,11-12,19H,10,13-16H2,1-2H3/t19-/m1/s1. The van der Waals surface area contributed by atoms with E-state index in [1.165, 1.54) is 12.0 Å². The molecule has 0 aliphatic carbocycles. The fraction of sp³-hybridized carbons (Fsp3) is 0.381. The fourth-order valence-corrected chi connectivity index (χ4v) is 3.57. The molecule has 0 radical (unpaired) electrons. The Morgan fingerprint density at radius 1 is 1.04 bits per heavy atom. The quantitative estimate of drug-likeness (QED) is 0.674. The average Bonchev–Trinajstić information content (AvgIpc) is 3.31. The summed E-state index contributed by atoms with van der Waals surface area (Å²) in [5, 5.41) is 4.81. The lowest BCUT2D eigenvalue weighted by Crippen LogP contribution is -2.31. The highest BCUT2D eigenvalue weighted by Gasteiger charge is 2.25. The highest BCUT2D eigenvalue weighted by Crippen LogP contribution is 2.19. The summed E-state index contributed by atoms with van der Waals surface area (Å²) in [4.78, 5) is 13.8. The van der Waals surface area contributed by atoms with Gasteiger partial charge in [0.05, 0.1) is 13.1 Å². The van der Waals surface area contributed by atoms with E-state index in [4.69, 9.17) is 10.1 Å². The van der Waals surface area contributed by atoms with Crippen LogP contribution in [0.5, 0.6) is 0 Å². The number of aromatic nitrogens is 4. The van der Waals surface area contributed by atoms with Crippen molar-refractivity contribution in [2.75, 3.05) is 27.2 Å². The van der Waals surface area contributed by atoms with Crippen LogP contribution in [0.4, 0.5) is 0 Å². The maximum atomic E-state index is 4.88. The summed E-state index contributed by atoms with van der Waals surface area (Å²) in [5.41, 5.74) is 2.24. The van der Waals surface area contributed by atoms with E-state index in [1.807, 2.05) is 22.9 Å². The molecule has 1 aliphatic rings. The molecule has 140 valence electrons. The van der Waals surface area contributed by atoms with Gasteiger partial charge in [-0.15, -0.1) is 0 Å². The molecule has 27 heavy (non-hydrogen) atoms. The minimum absolute atomic E-state index is 0.621. The van der Waals surface area contributed by atoms with Crippen molar-refractivity contribution >= 4 is 0 Å². The van der Waals surface area contributed by atoms with Crippen LogP contribution in [0.15, 0.2) is 54.9 Å². The zero-order valence-electron chi connectivity index (χ0n) is 16.0. The zero-order chi connectivity index (χ0) is 18.6. The topological polar surface area (TPSA) is 50.1 Å². The Morgan fingerprint density at radius 2 is 1.81 bits per heavy atom. The summed E-state index contributed by atoms with van der Waals surface area (Å²) in [6.45, 7) is 3.75. The van der Waals surface area contributed by atoms with Crippen LogP contribution in [0, 0.1) is 0 Å². The van der Waals surface area contributed by atoms with E-state index in [2.05, 4.69) is 53.1 Å². The largest absolute Gasteiger partial charge is 0.305 e. The van der Waals surface area contributed by atoms with Crippen LogP contribution < -0.4 is 0 Å². The summed E-state index contributed by atoms with van der Waals surface area (Å²) >= 11 is 0. The highest BCUT2D eigenvalue weighted by atomic mass is 15.4. The smallest absolute Gasteiger partial charge is 0.181 e. The molecule has 2 aromatic heterocycles. The molecule has 1 aromatic carbocycles. The lowest BCUT2D eigenvalue weighted by atomic mass is 10.2. The molecule has 0 N–H and O–H groups in total. The molecule has 0 spiro atoms. The number of pyridine rings is 1. The number of hydrogen-bond acceptors (Lipinski definition) is 5. The molecular weight excluding hydrogens is 336 g/mol. The van der Waals surface area contributed by atoms with Gasteiger partial charge in [-0.3, -0.25) is 9.88 Å². The van der Waals surface area contributed by atoms with Gasteiger partial charge in [0.1, 0.15) is 5.82 Å². The van der Waals surface area contributed by atoms with Crippen LogP contribution in [-0.2, 0) is 13.1 Å². The third-order valence-corrected chi connectivity index (χ3v) is 5.20. The number of likely N-dealkylation sites (tertiary alicyclic amines) is 1. The first kappa shape index (κ1) is 17.8. The van der Waals surface area contributed by atoms with Crippen LogP contribution in [0.25, 0.3) is 11.4 Å². The normalized spacial score (nSPS) is 17.7. The van der Waals surface area contributed by atoms with Gasteiger partial charge in [0.15, 0.2) is 5.82 Å². The van der Waals surface area contributed by atoms with Crippen molar-refractivity contribution in [3.63, 3.8) is 0 Å². The van der Waals surface area contributed by atoms with Crippen LogP contribution >= 0.6 is 0 Å². The predicted molar refractivity (Wildman–Crippen MR) is 106 cm³/mol. The Morgan fingerprint density at radius 3 is 2.52 bits per heavy atom. The van der Waals surface area contributed by atoms with E-state index in [1.54, 1.807) is 12.4 Å². The monoisotopic (exact) mass is 362 g/mol. The SMILES string of the molecule is CN(C)[C@@H]1CCN(Cc2nc(-c3ccncc3)nn2Cc2ccccc2)C1. The van der Waals surface area contributed by atoms with Crippen molar-refractivity contribution in [3.05, 3.63) is 66.2 Å². The van der Waals surface area contributed by atoms with E-state index >= 15 is 0 Å². The van der Waals surface area contributed by atoms with E-state index in [-0.39, 0.29) is 0 Å². The van der Waals surface area contributed by atoms with Crippen LogP contribution in [0.1, 0.15) is 17.8 Å². The second-order valence-electron chi connectivity index (χ2n) is 7.37. The first-order valence-electron chi connectivity index (χ1n) is 9.46. The predicted octanol–water partition coefficient (Wildman–Crippen LogP) is 2.52. The molecule has 0 amide bonds. The van der Waals surface area contributed by atoms with Crippen LogP contribution in [0.3, 0.4) is 0 Å². The molecule has 1 atom stereocenters. The Bertz CT molecular complexity index is 859. The molecule has 0 saturated carbocycles. The van der Waals surface area contributed by atoms with Gasteiger partial charge in [0, 0.05) is 37.1 Å². The molecule has 4 rings (SSSR count). The number of nitrogens with zero attached hydrogens (tertiary/aromatic N) is 6. The van der Waals surface area contributed by atoms with Gasteiger partial charge in [-0.25, -0.2) is 9.67 Å². The second-order valence-corrected chi connectivity index (χ2v) is 7.37. The maximum Gasteiger partial charge on any atom is 0.181 e. The van der Waals surface area contributed by atoms with Gasteiger partial charge in [0.2, 0.25) is 0 Å². The summed E-state index contributed by atoms with van der Waals surface area (Å²) in [6.07, 6.45) is 4.78. The van der Waals surface area contributed by atoms with Gasteiger partial charge < -0.3 is 4.90 Å². The van der Waals surface area contributed by atoms with Crippen molar-refractivity contribution in [2.45, 2.75) is 25.6 Å². The Balaban J connectivity index is 1.59. The van der Waals surface area contributed by atoms with Crippen molar-refractivity contribution in [3.8, 4) is 11.4 Å². The van der Waals surface area contributed by atoms with Gasteiger partial charge in [-0.2, -0.15) is 5.10 Å². The number of likely N-dealkylation sites (N-methyl/N-ethyl adjacent to an activating group) is 1. The van der Waals surface area contributed by atoms with E-state index in [9.17, 15) is 0 Å². The molecular formula is C21H26N6. The molecule has 3 aromatic rings. The molecule has 1 fully saturated rings. The van der Waals surface area contributed by atoms with Crippen molar-refractivity contribution in [2.24, 2.45) is 0 Å². The summed E-state index contributed by atoms with van der Waals surface area (Å²) < 4.78 is 2.05. The molecule has 6 nitrogen and oxygen atoms in total. The third-order valence-electron chi connectivity index (χ3n) is 5.20. The Labute approximate surface area is 160 Å². The first-order valence-corrected chi connectivity index (χ1v) is 9.46. The minimum atomic E-state index is 0.621. The van der Waals surface area contributed by atoms with E-state index in [0.29, 0.717) is 6.04 Å². The fourth-order valence-electron chi connectivity index (χ4n) is 3.57. The zero-order valence-corrected chi connectivity index (χ0v) is 16.0. The molecule has 0 bridgehead atoms. The lowest BCUT2D eigenvalue weighted by Gasteiger charge is -2.20. The highest BCUT2D eigenvalue weighted by molar-refractivity contribution is 5.53. The van der Waals surface area contributed by atoms with Crippen molar-refractivity contribution in [1.29, 1.82) is 0 Å². The van der Waals surface area contributed by atoms with Gasteiger partial charge >= 0.3 is 0 Å². The number of hydrogen-bond donors (Lipinski definition) is 0. The van der Waals surface area contributed by atoms with Crippen molar-refractivity contribution in [1.82, 2.24) is 29.5 Å². The molecule has 3 heterocycles.